The van der Waals surface area contributed by atoms with E-state index in [-0.39, 0.29) is 12.5 Å². The normalized spacial score (nSPS) is 18.0. The van der Waals surface area contributed by atoms with Crippen LogP contribution in [0.5, 0.6) is 0 Å². The molecular formula is C81H153NO8. The lowest BCUT2D eigenvalue weighted by atomic mass is 9.99. The molecule has 0 bridgehead atoms. The minimum absolute atomic E-state index is 0.168. The van der Waals surface area contributed by atoms with Gasteiger partial charge in [-0.05, 0) is 57.8 Å². The van der Waals surface area contributed by atoms with Gasteiger partial charge in [-0.15, -0.1) is 0 Å². The average molecular weight is 1270 g/mol. The minimum Gasteiger partial charge on any atom is -0.394 e. The van der Waals surface area contributed by atoms with E-state index in [4.69, 9.17) is 9.47 Å². The van der Waals surface area contributed by atoms with Gasteiger partial charge in [0.1, 0.15) is 24.4 Å². The van der Waals surface area contributed by atoms with E-state index in [2.05, 4.69) is 55.6 Å². The number of amides is 1. The largest absolute Gasteiger partial charge is 0.394 e. The number of hydrogen-bond acceptors (Lipinski definition) is 8. The molecule has 7 unspecified atom stereocenters. The van der Waals surface area contributed by atoms with Crippen LogP contribution >= 0.6 is 0 Å². The van der Waals surface area contributed by atoms with E-state index in [1.165, 1.54) is 334 Å². The first-order valence-electron chi connectivity index (χ1n) is 39.9. The van der Waals surface area contributed by atoms with E-state index in [0.717, 1.165) is 51.4 Å². The predicted octanol–water partition coefficient (Wildman–Crippen LogP) is 22.7. The Balaban J connectivity index is 2.06. The van der Waals surface area contributed by atoms with Gasteiger partial charge in [-0.25, -0.2) is 0 Å². The second kappa shape index (κ2) is 70.0. The number of ether oxygens (including phenoxy) is 2. The zero-order chi connectivity index (χ0) is 64.9. The summed E-state index contributed by atoms with van der Waals surface area (Å²) in [5.74, 6) is -0.168. The van der Waals surface area contributed by atoms with Crippen LogP contribution in [0.1, 0.15) is 406 Å². The summed E-state index contributed by atoms with van der Waals surface area (Å²) in [6.45, 7) is 3.83. The molecule has 0 aromatic carbocycles. The first-order valence-corrected chi connectivity index (χ1v) is 39.9. The van der Waals surface area contributed by atoms with Crippen molar-refractivity contribution in [3.05, 3.63) is 48.6 Å². The molecular weight excluding hydrogens is 1110 g/mol. The van der Waals surface area contributed by atoms with Crippen molar-refractivity contribution in [1.29, 1.82) is 0 Å². The Labute approximate surface area is 558 Å². The molecule has 90 heavy (non-hydrogen) atoms. The fourth-order valence-electron chi connectivity index (χ4n) is 12.9. The number of aliphatic hydroxyl groups excluding tert-OH is 5. The smallest absolute Gasteiger partial charge is 0.220 e. The monoisotopic (exact) mass is 1270 g/mol. The van der Waals surface area contributed by atoms with Crippen LogP contribution in [0.4, 0.5) is 0 Å². The van der Waals surface area contributed by atoms with Crippen molar-refractivity contribution in [2.45, 2.75) is 448 Å². The van der Waals surface area contributed by atoms with Gasteiger partial charge in [-0.1, -0.05) is 390 Å². The third-order valence-corrected chi connectivity index (χ3v) is 19.1. The van der Waals surface area contributed by atoms with Gasteiger partial charge in [0.25, 0.3) is 0 Å². The third kappa shape index (κ3) is 57.6. The molecule has 530 valence electrons. The molecule has 1 fully saturated rings. The van der Waals surface area contributed by atoms with E-state index in [9.17, 15) is 30.3 Å². The van der Waals surface area contributed by atoms with Crippen molar-refractivity contribution in [1.82, 2.24) is 5.32 Å². The Morgan fingerprint density at radius 3 is 0.967 bits per heavy atom. The molecule has 0 aliphatic carbocycles. The summed E-state index contributed by atoms with van der Waals surface area (Å²) in [5.41, 5.74) is 0. The summed E-state index contributed by atoms with van der Waals surface area (Å²) < 4.78 is 11.4. The highest BCUT2D eigenvalue weighted by atomic mass is 16.7. The van der Waals surface area contributed by atoms with Gasteiger partial charge in [-0.3, -0.25) is 4.79 Å². The van der Waals surface area contributed by atoms with E-state index in [0.29, 0.717) is 6.42 Å². The van der Waals surface area contributed by atoms with Crippen LogP contribution in [0, 0.1) is 0 Å². The maximum atomic E-state index is 13.2. The number of carbonyl (C=O) groups excluding carboxylic acids is 1. The summed E-state index contributed by atoms with van der Waals surface area (Å²) in [5, 5.41) is 54.9. The second-order valence-electron chi connectivity index (χ2n) is 27.9. The SMILES string of the molecule is CCCCCCC/C=C\C/C=C\C/C=C\CCCCCCCCCCCCCCCCCCCCCCCCC(=O)NC(COC1OC(CO)C(O)C(O)C1O)C(O)/C=C/CCCCCCCCCCCCCCCCCCCCCCCCCCCCCC. The highest BCUT2D eigenvalue weighted by Crippen LogP contribution is 2.24. The van der Waals surface area contributed by atoms with Gasteiger partial charge in [0.05, 0.1) is 25.4 Å². The number of nitrogens with one attached hydrogen (secondary N) is 1. The molecule has 0 spiro atoms. The molecule has 1 amide bonds. The number of aliphatic hydroxyl groups is 5. The van der Waals surface area contributed by atoms with Crippen LogP contribution in [0.2, 0.25) is 0 Å². The minimum atomic E-state index is -1.57. The van der Waals surface area contributed by atoms with Crippen LogP contribution in [-0.4, -0.2) is 87.5 Å². The third-order valence-electron chi connectivity index (χ3n) is 19.1. The number of carbonyl (C=O) groups is 1. The van der Waals surface area contributed by atoms with Gasteiger partial charge in [0, 0.05) is 6.42 Å². The fourth-order valence-corrected chi connectivity index (χ4v) is 12.9. The second-order valence-corrected chi connectivity index (χ2v) is 27.9. The first-order chi connectivity index (χ1) is 44.3. The highest BCUT2D eigenvalue weighted by molar-refractivity contribution is 5.76. The molecule has 1 aliphatic rings. The standard InChI is InChI=1S/C81H153NO8/c1-3-5-7-9-11-13-15-17-19-21-23-25-27-29-31-33-35-36-37-38-39-40-41-43-45-47-49-51-53-55-57-59-61-63-65-67-69-71-77(85)82-74(73-89-81-80(88)79(87)78(86)76(72-83)90-81)75(84)70-68-66-64-62-60-58-56-54-52-50-48-46-44-42-34-32-30-28-26-24-22-20-18-16-14-12-10-8-6-4-2/h15,17,21,23,27,29,68,70,74-76,78-81,83-84,86-88H,3-14,16,18-20,22,24-26,28,30-67,69,71-73H2,1-2H3,(H,82,85)/b17-15-,23-21-,29-27-,70-68+. The molecule has 0 aromatic rings. The molecule has 1 aliphatic heterocycles. The summed E-state index contributed by atoms with van der Waals surface area (Å²) in [4.78, 5) is 13.2. The zero-order valence-electron chi connectivity index (χ0n) is 59.7. The van der Waals surface area contributed by atoms with Gasteiger partial charge in [0.2, 0.25) is 5.91 Å². The van der Waals surface area contributed by atoms with Gasteiger partial charge in [-0.2, -0.15) is 0 Å². The lowest BCUT2D eigenvalue weighted by molar-refractivity contribution is -0.302. The van der Waals surface area contributed by atoms with Crippen LogP contribution in [0.15, 0.2) is 48.6 Å². The van der Waals surface area contributed by atoms with Crippen LogP contribution in [0.3, 0.4) is 0 Å². The highest BCUT2D eigenvalue weighted by Gasteiger charge is 2.44. The van der Waals surface area contributed by atoms with Gasteiger partial charge >= 0.3 is 0 Å². The van der Waals surface area contributed by atoms with Gasteiger partial charge in [0.15, 0.2) is 6.29 Å². The van der Waals surface area contributed by atoms with Crippen molar-refractivity contribution in [2.75, 3.05) is 13.2 Å². The Kier molecular flexibility index (Phi) is 67.0. The van der Waals surface area contributed by atoms with Crippen LogP contribution in [-0.2, 0) is 14.3 Å². The van der Waals surface area contributed by atoms with E-state index in [1.807, 2.05) is 6.08 Å². The molecule has 6 N–H and O–H groups in total. The van der Waals surface area contributed by atoms with Crippen molar-refractivity contribution >= 4 is 5.91 Å². The lowest BCUT2D eigenvalue weighted by Gasteiger charge is -2.40. The van der Waals surface area contributed by atoms with Crippen molar-refractivity contribution in [3.63, 3.8) is 0 Å². The zero-order valence-corrected chi connectivity index (χ0v) is 59.7. The maximum Gasteiger partial charge on any atom is 0.220 e. The van der Waals surface area contributed by atoms with E-state index < -0.39 is 49.5 Å². The Hall–Kier alpha value is -1.85. The molecule has 1 saturated heterocycles. The van der Waals surface area contributed by atoms with Crippen molar-refractivity contribution < 1.29 is 39.8 Å². The lowest BCUT2D eigenvalue weighted by Crippen LogP contribution is -2.60. The molecule has 9 heteroatoms. The Bertz CT molecular complexity index is 1570. The molecule has 0 saturated carbocycles. The first kappa shape index (κ1) is 86.2. The summed E-state index contributed by atoms with van der Waals surface area (Å²) >= 11 is 0. The summed E-state index contributed by atoms with van der Waals surface area (Å²) in [6.07, 6.45) is 89.7. The summed E-state index contributed by atoms with van der Waals surface area (Å²) in [7, 11) is 0. The molecule has 0 aromatic heterocycles. The Morgan fingerprint density at radius 1 is 0.378 bits per heavy atom. The molecule has 0 radical (unpaired) electrons. The topological polar surface area (TPSA) is 149 Å². The average Bonchev–Trinajstić information content (AvgIpc) is 1.28. The number of unbranched alkanes of at least 4 members (excludes halogenated alkanes) is 55. The maximum absolute atomic E-state index is 13.2. The molecule has 9 nitrogen and oxygen atoms in total. The number of allylic oxidation sites excluding steroid dienone is 7. The summed E-state index contributed by atoms with van der Waals surface area (Å²) in [6, 6.07) is -0.806. The number of rotatable bonds is 71. The Morgan fingerprint density at radius 2 is 0.656 bits per heavy atom. The molecule has 7 atom stereocenters. The number of hydrogen-bond donors (Lipinski definition) is 6. The van der Waals surface area contributed by atoms with Crippen LogP contribution in [0.25, 0.3) is 0 Å². The molecule has 1 rings (SSSR count). The quantitative estimate of drug-likeness (QED) is 0.0261. The van der Waals surface area contributed by atoms with Gasteiger partial charge < -0.3 is 40.3 Å². The van der Waals surface area contributed by atoms with E-state index >= 15 is 0 Å². The molecule has 1 heterocycles. The van der Waals surface area contributed by atoms with Crippen molar-refractivity contribution in [3.8, 4) is 0 Å². The van der Waals surface area contributed by atoms with Crippen LogP contribution < -0.4 is 5.32 Å². The van der Waals surface area contributed by atoms with E-state index in [1.54, 1.807) is 6.08 Å². The fraction of sp³-hybridized carbons (Fsp3) is 0.889. The predicted molar refractivity (Wildman–Crippen MR) is 387 cm³/mol. The van der Waals surface area contributed by atoms with Crippen molar-refractivity contribution in [2.24, 2.45) is 0 Å².